The van der Waals surface area contributed by atoms with Crippen LogP contribution < -0.4 is 5.32 Å². The lowest BCUT2D eigenvalue weighted by molar-refractivity contribution is -0.145. The third kappa shape index (κ3) is 3.42. The van der Waals surface area contributed by atoms with Gasteiger partial charge in [0.25, 0.3) is 0 Å². The van der Waals surface area contributed by atoms with Gasteiger partial charge in [0.05, 0.1) is 6.61 Å². The van der Waals surface area contributed by atoms with Crippen molar-refractivity contribution in [2.45, 2.75) is 26.4 Å². The monoisotopic (exact) mass is 274 g/mol. The van der Waals surface area contributed by atoms with E-state index >= 15 is 0 Å². The molecule has 0 aliphatic rings. The smallest absolute Gasteiger partial charge is 0.322 e. The van der Waals surface area contributed by atoms with Crippen LogP contribution in [0.2, 0.25) is 0 Å². The van der Waals surface area contributed by atoms with E-state index in [-0.39, 0.29) is 12.0 Å². The molecule has 0 amide bonds. The van der Waals surface area contributed by atoms with E-state index in [1.54, 1.807) is 13.8 Å². The molecule has 0 aliphatic carbocycles. The van der Waals surface area contributed by atoms with Gasteiger partial charge in [0.15, 0.2) is 0 Å². The predicted molar refractivity (Wildman–Crippen MR) is 74.8 cm³/mol. The minimum Gasteiger partial charge on any atom is -0.465 e. The van der Waals surface area contributed by atoms with Crippen molar-refractivity contribution in [3.05, 3.63) is 36.0 Å². The molecule has 2 aromatic rings. The van der Waals surface area contributed by atoms with Crippen molar-refractivity contribution < 1.29 is 9.53 Å². The molecule has 0 spiro atoms. The summed E-state index contributed by atoms with van der Waals surface area (Å²) >= 11 is 0. The van der Waals surface area contributed by atoms with Crippen LogP contribution in [-0.2, 0) is 16.1 Å². The molecule has 0 bridgehead atoms. The van der Waals surface area contributed by atoms with E-state index in [1.807, 2.05) is 30.3 Å². The number of hydrogen-bond acceptors (Lipinski definition) is 5. The first-order valence-corrected chi connectivity index (χ1v) is 6.57. The van der Waals surface area contributed by atoms with Crippen LogP contribution in [0, 0.1) is 0 Å². The molecule has 2 N–H and O–H groups in total. The summed E-state index contributed by atoms with van der Waals surface area (Å²) in [5.41, 5.74) is 2.54. The fourth-order valence-corrected chi connectivity index (χ4v) is 1.80. The second-order valence-electron chi connectivity index (χ2n) is 4.34. The Morgan fingerprint density at radius 2 is 2.10 bits per heavy atom. The average Bonchev–Trinajstić information content (AvgIpc) is 2.94. The summed E-state index contributed by atoms with van der Waals surface area (Å²) in [5, 5.41) is 14.0. The largest absolute Gasteiger partial charge is 0.465 e. The summed E-state index contributed by atoms with van der Waals surface area (Å²) in [7, 11) is 0. The number of aromatic nitrogens is 3. The Bertz CT molecular complexity index is 553. The number of carbonyl (C=O) groups is 1. The highest BCUT2D eigenvalue weighted by Gasteiger charge is 2.15. The van der Waals surface area contributed by atoms with Gasteiger partial charge in [-0.15, -0.1) is 0 Å². The van der Waals surface area contributed by atoms with Gasteiger partial charge in [-0.25, -0.2) is 0 Å². The zero-order valence-electron chi connectivity index (χ0n) is 11.6. The second-order valence-corrected chi connectivity index (χ2v) is 4.34. The predicted octanol–water partition coefficient (Wildman–Crippen LogP) is 1.51. The number of H-pyrrole nitrogens is 1. The number of nitrogens with one attached hydrogen (secondary N) is 2. The van der Waals surface area contributed by atoms with Crippen molar-refractivity contribution in [2.24, 2.45) is 0 Å². The van der Waals surface area contributed by atoms with Crippen LogP contribution in [-0.4, -0.2) is 34.0 Å². The third-order valence-corrected chi connectivity index (χ3v) is 2.88. The lowest BCUT2D eigenvalue weighted by Crippen LogP contribution is -2.35. The zero-order chi connectivity index (χ0) is 14.4. The summed E-state index contributed by atoms with van der Waals surface area (Å²) in [4.78, 5) is 11.5. The van der Waals surface area contributed by atoms with Gasteiger partial charge in [-0.05, 0) is 13.8 Å². The maximum Gasteiger partial charge on any atom is 0.322 e. The minimum absolute atomic E-state index is 0.266. The topological polar surface area (TPSA) is 79.9 Å². The highest BCUT2D eigenvalue weighted by atomic mass is 16.5. The van der Waals surface area contributed by atoms with E-state index in [4.69, 9.17) is 4.74 Å². The van der Waals surface area contributed by atoms with Crippen molar-refractivity contribution in [2.75, 3.05) is 6.61 Å². The molecule has 0 radical (unpaired) electrons. The summed E-state index contributed by atoms with van der Waals surface area (Å²) < 4.78 is 4.94. The number of esters is 1. The first-order valence-electron chi connectivity index (χ1n) is 6.57. The number of carbonyl (C=O) groups excluding carboxylic acids is 1. The molecular weight excluding hydrogens is 256 g/mol. The molecule has 1 atom stereocenters. The van der Waals surface area contributed by atoms with Gasteiger partial charge in [-0.1, -0.05) is 30.3 Å². The molecule has 6 nitrogen and oxygen atoms in total. The van der Waals surface area contributed by atoms with Crippen molar-refractivity contribution >= 4 is 5.97 Å². The Morgan fingerprint density at radius 1 is 1.35 bits per heavy atom. The molecule has 1 unspecified atom stereocenters. The third-order valence-electron chi connectivity index (χ3n) is 2.88. The minimum atomic E-state index is -0.379. The summed E-state index contributed by atoms with van der Waals surface area (Å²) in [6, 6.07) is 9.40. The number of aromatic amines is 1. The first kappa shape index (κ1) is 14.2. The van der Waals surface area contributed by atoms with E-state index in [0.29, 0.717) is 13.2 Å². The number of ether oxygens (including phenoxy) is 1. The fraction of sp³-hybridized carbons (Fsp3) is 0.357. The van der Waals surface area contributed by atoms with Gasteiger partial charge in [-0.2, -0.15) is 15.4 Å². The number of hydrogen-bond donors (Lipinski definition) is 2. The van der Waals surface area contributed by atoms with Gasteiger partial charge in [0.1, 0.15) is 17.4 Å². The van der Waals surface area contributed by atoms with Gasteiger partial charge >= 0.3 is 5.97 Å². The summed E-state index contributed by atoms with van der Waals surface area (Å²) in [6.45, 7) is 4.38. The Kier molecular flexibility index (Phi) is 4.84. The van der Waals surface area contributed by atoms with E-state index in [1.165, 1.54) is 0 Å². The molecule has 106 valence electrons. The van der Waals surface area contributed by atoms with Crippen molar-refractivity contribution in [3.8, 4) is 11.3 Å². The van der Waals surface area contributed by atoms with Crippen LogP contribution in [0.1, 0.15) is 19.5 Å². The normalized spacial score (nSPS) is 12.1. The average molecular weight is 274 g/mol. The van der Waals surface area contributed by atoms with Gasteiger partial charge in [-0.3, -0.25) is 10.1 Å². The molecule has 1 aromatic heterocycles. The standard InChI is InChI=1S/C14H18N4O2/c1-3-20-14(19)10(2)15-9-12-13(17-18-16-12)11-7-5-4-6-8-11/h4-8,10,15H,3,9H2,1-2H3,(H,16,17,18). The molecule has 2 rings (SSSR count). The lowest BCUT2D eigenvalue weighted by Gasteiger charge is -2.11. The van der Waals surface area contributed by atoms with Gasteiger partial charge in [0.2, 0.25) is 0 Å². The van der Waals surface area contributed by atoms with E-state index < -0.39 is 0 Å². The van der Waals surface area contributed by atoms with Crippen molar-refractivity contribution in [1.82, 2.24) is 20.7 Å². The maximum atomic E-state index is 11.5. The molecular formula is C14H18N4O2. The van der Waals surface area contributed by atoms with Gasteiger partial charge in [0, 0.05) is 12.1 Å². The quantitative estimate of drug-likeness (QED) is 0.781. The Balaban J connectivity index is 2.01. The number of nitrogens with zero attached hydrogens (tertiary/aromatic N) is 2. The maximum absolute atomic E-state index is 11.5. The van der Waals surface area contributed by atoms with Crippen LogP contribution in [0.15, 0.2) is 30.3 Å². The number of rotatable bonds is 6. The first-order chi connectivity index (χ1) is 9.72. The summed E-state index contributed by atoms with van der Waals surface area (Å²) in [6.07, 6.45) is 0. The highest BCUT2D eigenvalue weighted by Crippen LogP contribution is 2.18. The van der Waals surface area contributed by atoms with Crippen molar-refractivity contribution in [3.63, 3.8) is 0 Å². The van der Waals surface area contributed by atoms with E-state index in [2.05, 4.69) is 20.7 Å². The van der Waals surface area contributed by atoms with Gasteiger partial charge < -0.3 is 4.74 Å². The molecule has 0 saturated carbocycles. The molecule has 20 heavy (non-hydrogen) atoms. The lowest BCUT2D eigenvalue weighted by atomic mass is 10.1. The fourth-order valence-electron chi connectivity index (χ4n) is 1.80. The van der Waals surface area contributed by atoms with Crippen LogP contribution in [0.25, 0.3) is 11.3 Å². The second kappa shape index (κ2) is 6.81. The molecule has 0 fully saturated rings. The Hall–Kier alpha value is -2.21. The van der Waals surface area contributed by atoms with Crippen LogP contribution >= 0.6 is 0 Å². The summed E-state index contributed by atoms with van der Waals surface area (Å²) in [5.74, 6) is -0.266. The molecule has 6 heteroatoms. The Morgan fingerprint density at radius 3 is 2.80 bits per heavy atom. The Labute approximate surface area is 117 Å². The van der Waals surface area contributed by atoms with Crippen molar-refractivity contribution in [1.29, 1.82) is 0 Å². The number of benzene rings is 1. The molecule has 1 heterocycles. The van der Waals surface area contributed by atoms with Crippen LogP contribution in [0.3, 0.4) is 0 Å². The zero-order valence-corrected chi connectivity index (χ0v) is 11.6. The van der Waals surface area contributed by atoms with E-state index in [0.717, 1.165) is 17.0 Å². The molecule has 1 aromatic carbocycles. The molecule has 0 saturated heterocycles. The van der Waals surface area contributed by atoms with Crippen LogP contribution in [0.5, 0.6) is 0 Å². The van der Waals surface area contributed by atoms with E-state index in [9.17, 15) is 4.79 Å². The molecule has 0 aliphatic heterocycles. The highest BCUT2D eigenvalue weighted by molar-refractivity contribution is 5.75. The van der Waals surface area contributed by atoms with Crippen LogP contribution in [0.4, 0.5) is 0 Å². The SMILES string of the molecule is CCOC(=O)C(C)NCc1n[nH]nc1-c1ccccc1.